The lowest BCUT2D eigenvalue weighted by atomic mass is 9.99. The van der Waals surface area contributed by atoms with Crippen LogP contribution in [-0.2, 0) is 9.59 Å². The van der Waals surface area contributed by atoms with Crippen LogP contribution in [0.15, 0.2) is 0 Å². The fourth-order valence-electron chi connectivity index (χ4n) is 2.99. The lowest BCUT2D eigenvalue weighted by Crippen LogP contribution is -2.33. The van der Waals surface area contributed by atoms with Gasteiger partial charge in [0.05, 0.1) is 6.04 Å². The van der Waals surface area contributed by atoms with E-state index in [9.17, 15) is 9.59 Å². The Morgan fingerprint density at radius 2 is 1.16 bits per heavy atom. The number of Topliss-reactive ketones (excluding diaryl/α,β-unsaturated/α-hetero) is 1. The average Bonchev–Trinajstić information content (AvgIpc) is 2.59. The van der Waals surface area contributed by atoms with Crippen LogP contribution in [0.5, 0.6) is 0 Å². The van der Waals surface area contributed by atoms with Crippen molar-refractivity contribution in [3.8, 4) is 0 Å². The molecule has 25 heavy (non-hydrogen) atoms. The molecule has 0 aliphatic carbocycles. The van der Waals surface area contributed by atoms with E-state index in [1.54, 1.807) is 0 Å². The Kier molecular flexibility index (Phi) is 15.9. The maximum Gasteiger partial charge on any atom is 0.320 e. The van der Waals surface area contributed by atoms with Gasteiger partial charge in [0.1, 0.15) is 11.8 Å². The maximum atomic E-state index is 11.9. The maximum absolute atomic E-state index is 11.9. The molecule has 0 amide bonds. The SMILES string of the molecule is CCCCCCCCCCCCCC(=O)C(N)CCCC(N)C(=O)O. The third kappa shape index (κ3) is 15.1. The summed E-state index contributed by atoms with van der Waals surface area (Å²) >= 11 is 0. The van der Waals surface area contributed by atoms with Gasteiger partial charge in [-0.2, -0.15) is 0 Å². The second kappa shape index (κ2) is 16.5. The van der Waals surface area contributed by atoms with Crippen LogP contribution in [0.2, 0.25) is 0 Å². The first-order valence-electron chi connectivity index (χ1n) is 10.3. The predicted octanol–water partition coefficient (Wildman–Crippen LogP) is 4.17. The second-order valence-corrected chi connectivity index (χ2v) is 7.23. The Bertz CT molecular complexity index is 348. The van der Waals surface area contributed by atoms with Gasteiger partial charge in [-0.05, 0) is 25.7 Å². The van der Waals surface area contributed by atoms with Crippen LogP contribution >= 0.6 is 0 Å². The van der Waals surface area contributed by atoms with Gasteiger partial charge < -0.3 is 16.6 Å². The minimum atomic E-state index is -0.999. The summed E-state index contributed by atoms with van der Waals surface area (Å²) in [6.07, 6.45) is 15.9. The molecule has 0 radical (unpaired) electrons. The number of carbonyl (C=O) groups excluding carboxylic acids is 1. The molecule has 0 bridgehead atoms. The van der Waals surface area contributed by atoms with Crippen molar-refractivity contribution in [3.05, 3.63) is 0 Å². The summed E-state index contributed by atoms with van der Waals surface area (Å²) in [5.74, 6) is -0.902. The first kappa shape index (κ1) is 24.1. The van der Waals surface area contributed by atoms with Gasteiger partial charge in [-0.3, -0.25) is 9.59 Å². The Morgan fingerprint density at radius 3 is 1.64 bits per heavy atom. The number of ketones is 1. The number of rotatable bonds is 18. The molecule has 0 saturated carbocycles. The fourth-order valence-corrected chi connectivity index (χ4v) is 2.99. The number of unbranched alkanes of at least 4 members (excludes halogenated alkanes) is 10. The Hall–Kier alpha value is -0.940. The summed E-state index contributed by atoms with van der Waals surface area (Å²) in [4.78, 5) is 22.6. The van der Waals surface area contributed by atoms with Gasteiger partial charge in [0, 0.05) is 6.42 Å². The standard InChI is InChI=1S/C20H40N2O3/c1-2-3-4-5-6-7-8-9-10-11-12-16-19(23)17(21)14-13-15-18(22)20(24)25/h17-18H,2-16,21-22H2,1H3,(H,24,25). The number of hydrogen-bond acceptors (Lipinski definition) is 4. The number of carbonyl (C=O) groups is 2. The average molecular weight is 357 g/mol. The highest BCUT2D eigenvalue weighted by molar-refractivity contribution is 5.83. The van der Waals surface area contributed by atoms with Gasteiger partial charge in [0.15, 0.2) is 0 Å². The lowest BCUT2D eigenvalue weighted by Gasteiger charge is -2.11. The van der Waals surface area contributed by atoms with Crippen LogP contribution in [-0.4, -0.2) is 28.9 Å². The van der Waals surface area contributed by atoms with E-state index in [1.807, 2.05) is 0 Å². The third-order valence-electron chi connectivity index (χ3n) is 4.79. The number of aliphatic carboxylic acids is 1. The molecule has 2 atom stereocenters. The predicted molar refractivity (Wildman–Crippen MR) is 104 cm³/mol. The van der Waals surface area contributed by atoms with E-state index in [4.69, 9.17) is 16.6 Å². The van der Waals surface area contributed by atoms with Gasteiger partial charge in [-0.15, -0.1) is 0 Å². The lowest BCUT2D eigenvalue weighted by molar-refractivity contribution is -0.138. The van der Waals surface area contributed by atoms with Crippen LogP contribution in [0.4, 0.5) is 0 Å². The number of carboxylic acids is 1. The Labute approximate surface area is 153 Å². The van der Waals surface area contributed by atoms with Crippen LogP contribution in [0.1, 0.15) is 103 Å². The molecule has 0 saturated heterocycles. The molecule has 0 aliphatic heterocycles. The van der Waals surface area contributed by atoms with E-state index in [0.717, 1.165) is 12.8 Å². The van der Waals surface area contributed by atoms with E-state index in [2.05, 4.69) is 6.92 Å². The summed E-state index contributed by atoms with van der Waals surface area (Å²) in [5, 5.41) is 8.70. The zero-order valence-electron chi connectivity index (χ0n) is 16.2. The van der Waals surface area contributed by atoms with Crippen molar-refractivity contribution in [3.63, 3.8) is 0 Å². The summed E-state index contributed by atoms with van der Waals surface area (Å²) < 4.78 is 0. The molecule has 148 valence electrons. The van der Waals surface area contributed by atoms with Crippen molar-refractivity contribution >= 4 is 11.8 Å². The van der Waals surface area contributed by atoms with E-state index >= 15 is 0 Å². The molecule has 0 rings (SSSR count). The molecule has 0 aromatic carbocycles. The van der Waals surface area contributed by atoms with Crippen molar-refractivity contribution in [2.45, 2.75) is 115 Å². The zero-order chi connectivity index (χ0) is 18.9. The molecule has 2 unspecified atom stereocenters. The van der Waals surface area contributed by atoms with Gasteiger partial charge in [0.2, 0.25) is 0 Å². The molecule has 5 heteroatoms. The van der Waals surface area contributed by atoms with Crippen LogP contribution in [0, 0.1) is 0 Å². The smallest absolute Gasteiger partial charge is 0.320 e. The van der Waals surface area contributed by atoms with Crippen molar-refractivity contribution in [1.29, 1.82) is 0 Å². The van der Waals surface area contributed by atoms with Crippen molar-refractivity contribution in [1.82, 2.24) is 0 Å². The number of nitrogens with two attached hydrogens (primary N) is 2. The van der Waals surface area contributed by atoms with Crippen molar-refractivity contribution in [2.75, 3.05) is 0 Å². The first-order chi connectivity index (χ1) is 12.0. The highest BCUT2D eigenvalue weighted by Crippen LogP contribution is 2.13. The molecule has 0 fully saturated rings. The first-order valence-corrected chi connectivity index (χ1v) is 10.3. The van der Waals surface area contributed by atoms with Crippen molar-refractivity contribution in [2.24, 2.45) is 11.5 Å². The Morgan fingerprint density at radius 1 is 0.720 bits per heavy atom. The summed E-state index contributed by atoms with van der Waals surface area (Å²) in [5.41, 5.74) is 11.3. The molecular weight excluding hydrogens is 316 g/mol. The number of carboxylic acid groups (broad SMARTS) is 1. The molecule has 5 N–H and O–H groups in total. The summed E-state index contributed by atoms with van der Waals surface area (Å²) in [6.45, 7) is 2.24. The van der Waals surface area contributed by atoms with E-state index in [-0.39, 0.29) is 5.78 Å². The zero-order valence-corrected chi connectivity index (χ0v) is 16.2. The highest BCUT2D eigenvalue weighted by atomic mass is 16.4. The molecule has 0 spiro atoms. The Balaban J connectivity index is 3.43. The van der Waals surface area contributed by atoms with E-state index < -0.39 is 18.1 Å². The second-order valence-electron chi connectivity index (χ2n) is 7.23. The molecule has 0 aliphatic rings. The van der Waals surface area contributed by atoms with Crippen LogP contribution < -0.4 is 11.5 Å². The van der Waals surface area contributed by atoms with Crippen LogP contribution in [0.3, 0.4) is 0 Å². The molecule has 0 heterocycles. The van der Waals surface area contributed by atoms with Crippen molar-refractivity contribution < 1.29 is 14.7 Å². The summed E-state index contributed by atoms with van der Waals surface area (Å²) in [6, 6.07) is -1.32. The highest BCUT2D eigenvalue weighted by Gasteiger charge is 2.15. The third-order valence-corrected chi connectivity index (χ3v) is 4.79. The van der Waals surface area contributed by atoms with Gasteiger partial charge >= 0.3 is 5.97 Å². The monoisotopic (exact) mass is 356 g/mol. The largest absolute Gasteiger partial charge is 0.480 e. The van der Waals surface area contributed by atoms with Crippen LogP contribution in [0.25, 0.3) is 0 Å². The molecular formula is C20H40N2O3. The van der Waals surface area contributed by atoms with Gasteiger partial charge in [0.25, 0.3) is 0 Å². The molecule has 0 aromatic rings. The molecule has 5 nitrogen and oxygen atoms in total. The topological polar surface area (TPSA) is 106 Å². The normalized spacial score (nSPS) is 13.6. The van der Waals surface area contributed by atoms with Gasteiger partial charge in [-0.25, -0.2) is 0 Å². The van der Waals surface area contributed by atoms with E-state index in [1.165, 1.54) is 57.8 Å². The quantitative estimate of drug-likeness (QED) is 0.320. The molecule has 0 aromatic heterocycles. The van der Waals surface area contributed by atoms with Gasteiger partial charge in [-0.1, -0.05) is 71.1 Å². The minimum absolute atomic E-state index is 0.0971. The van der Waals surface area contributed by atoms with E-state index in [0.29, 0.717) is 25.7 Å². The number of hydrogen-bond donors (Lipinski definition) is 3. The fraction of sp³-hybridized carbons (Fsp3) is 0.900. The summed E-state index contributed by atoms with van der Waals surface area (Å²) in [7, 11) is 0. The minimum Gasteiger partial charge on any atom is -0.480 e.